The Bertz CT molecular complexity index is 812. The van der Waals surface area contributed by atoms with Gasteiger partial charge in [0.15, 0.2) is 0 Å². The molecule has 1 atom stereocenters. The number of benzene rings is 1. The second kappa shape index (κ2) is 7.31. The third kappa shape index (κ3) is 4.02. The molecule has 0 aliphatic rings. The predicted octanol–water partition coefficient (Wildman–Crippen LogP) is 2.60. The lowest BCUT2D eigenvalue weighted by Crippen LogP contribution is -2.35. The first-order valence-electron chi connectivity index (χ1n) is 7.66. The number of carbonyl (C=O) groups is 1. The first-order valence-corrected chi connectivity index (χ1v) is 8.04. The molecule has 0 aliphatic heterocycles. The zero-order valence-corrected chi connectivity index (χ0v) is 14.0. The van der Waals surface area contributed by atoms with Crippen LogP contribution >= 0.6 is 11.6 Å². The van der Waals surface area contributed by atoms with E-state index in [9.17, 15) is 4.79 Å². The summed E-state index contributed by atoms with van der Waals surface area (Å²) in [5, 5.41) is 12.0. The molecule has 3 rings (SSSR count). The smallest absolute Gasteiger partial charge is 0.254 e. The summed E-state index contributed by atoms with van der Waals surface area (Å²) < 4.78 is 3.49. The molecular formula is C17H18ClN5O. The van der Waals surface area contributed by atoms with Crippen molar-refractivity contribution in [3.63, 3.8) is 0 Å². The van der Waals surface area contributed by atoms with E-state index in [-0.39, 0.29) is 11.9 Å². The van der Waals surface area contributed by atoms with Crippen molar-refractivity contribution < 1.29 is 4.79 Å². The Kier molecular flexibility index (Phi) is 4.96. The van der Waals surface area contributed by atoms with Crippen LogP contribution in [0.15, 0.2) is 55.1 Å². The van der Waals surface area contributed by atoms with Crippen molar-refractivity contribution >= 4 is 17.5 Å². The number of hydrogen-bond donors (Lipinski definition) is 1. The van der Waals surface area contributed by atoms with E-state index >= 15 is 0 Å². The Morgan fingerprint density at radius 3 is 2.83 bits per heavy atom. The van der Waals surface area contributed by atoms with Crippen molar-refractivity contribution in [1.82, 2.24) is 24.9 Å². The molecule has 0 spiro atoms. The maximum Gasteiger partial charge on any atom is 0.254 e. The highest BCUT2D eigenvalue weighted by Gasteiger charge is 2.13. The lowest BCUT2D eigenvalue weighted by atomic mass is 10.2. The number of hydrogen-bond acceptors (Lipinski definition) is 3. The average molecular weight is 344 g/mol. The summed E-state index contributed by atoms with van der Waals surface area (Å²) >= 11 is 6.15. The topological polar surface area (TPSA) is 64.7 Å². The molecule has 1 aromatic carbocycles. The van der Waals surface area contributed by atoms with Crippen molar-refractivity contribution in [2.75, 3.05) is 0 Å². The van der Waals surface area contributed by atoms with Crippen LogP contribution < -0.4 is 5.32 Å². The molecule has 2 aromatic heterocycles. The van der Waals surface area contributed by atoms with Crippen LogP contribution in [0.3, 0.4) is 0 Å². The van der Waals surface area contributed by atoms with Gasteiger partial charge in [0.05, 0.1) is 24.8 Å². The number of rotatable bonds is 6. The maximum absolute atomic E-state index is 12.3. The normalized spacial score (nSPS) is 12.1. The first-order chi connectivity index (χ1) is 11.6. The number of halogens is 1. The van der Waals surface area contributed by atoms with Gasteiger partial charge in [-0.15, -0.1) is 0 Å². The van der Waals surface area contributed by atoms with Crippen molar-refractivity contribution in [2.45, 2.75) is 26.1 Å². The van der Waals surface area contributed by atoms with Gasteiger partial charge in [-0.25, -0.2) is 0 Å². The quantitative estimate of drug-likeness (QED) is 0.748. The number of nitrogens with one attached hydrogen (secondary N) is 1. The molecule has 0 aliphatic carbocycles. The maximum atomic E-state index is 12.3. The molecule has 0 bridgehead atoms. The summed E-state index contributed by atoms with van der Waals surface area (Å²) in [7, 11) is 0. The number of nitrogens with zero attached hydrogens (tertiary/aromatic N) is 4. The molecule has 7 heteroatoms. The molecule has 0 unspecified atom stereocenters. The number of aromatic nitrogens is 4. The SMILES string of the molecule is C[C@H](Cn1cccn1)NC(=O)c1cnn(Cc2ccccc2Cl)c1. The molecule has 3 aromatic rings. The van der Waals surface area contributed by atoms with E-state index in [1.807, 2.05) is 43.5 Å². The van der Waals surface area contributed by atoms with Crippen LogP contribution in [0.2, 0.25) is 5.02 Å². The van der Waals surface area contributed by atoms with Crippen molar-refractivity contribution in [1.29, 1.82) is 0 Å². The molecule has 0 saturated carbocycles. The zero-order chi connectivity index (χ0) is 16.9. The van der Waals surface area contributed by atoms with E-state index in [2.05, 4.69) is 15.5 Å². The molecule has 24 heavy (non-hydrogen) atoms. The van der Waals surface area contributed by atoms with Gasteiger partial charge in [-0.3, -0.25) is 14.2 Å². The summed E-state index contributed by atoms with van der Waals surface area (Å²) in [4.78, 5) is 12.3. The molecule has 0 radical (unpaired) electrons. The first kappa shape index (κ1) is 16.3. The third-order valence-electron chi connectivity index (χ3n) is 3.58. The number of amides is 1. The molecular weight excluding hydrogens is 326 g/mol. The predicted molar refractivity (Wildman–Crippen MR) is 91.9 cm³/mol. The molecule has 6 nitrogen and oxygen atoms in total. The van der Waals surface area contributed by atoms with E-state index in [4.69, 9.17) is 11.6 Å². The van der Waals surface area contributed by atoms with Gasteiger partial charge in [-0.05, 0) is 24.6 Å². The van der Waals surface area contributed by atoms with Gasteiger partial charge in [0.25, 0.3) is 5.91 Å². The Hall–Kier alpha value is -2.60. The summed E-state index contributed by atoms with van der Waals surface area (Å²) in [6.45, 7) is 3.08. The van der Waals surface area contributed by atoms with Gasteiger partial charge in [0, 0.05) is 29.7 Å². The van der Waals surface area contributed by atoms with Crippen LogP contribution in [0, 0.1) is 0 Å². The largest absolute Gasteiger partial charge is 0.348 e. The Balaban J connectivity index is 1.60. The Labute approximate surface area is 145 Å². The number of carbonyl (C=O) groups excluding carboxylic acids is 1. The van der Waals surface area contributed by atoms with Gasteiger partial charge >= 0.3 is 0 Å². The van der Waals surface area contributed by atoms with Crippen molar-refractivity contribution in [3.8, 4) is 0 Å². The molecule has 2 heterocycles. The molecule has 1 N–H and O–H groups in total. The second-order valence-electron chi connectivity index (χ2n) is 5.62. The van der Waals surface area contributed by atoms with Crippen molar-refractivity contribution in [3.05, 3.63) is 71.3 Å². The minimum atomic E-state index is -0.153. The highest BCUT2D eigenvalue weighted by molar-refractivity contribution is 6.31. The fourth-order valence-corrected chi connectivity index (χ4v) is 2.61. The van der Waals surface area contributed by atoms with Crippen molar-refractivity contribution in [2.24, 2.45) is 0 Å². The van der Waals surface area contributed by atoms with Crippen LogP contribution in [-0.4, -0.2) is 31.5 Å². The van der Waals surface area contributed by atoms with Gasteiger partial charge in [0.1, 0.15) is 0 Å². The van der Waals surface area contributed by atoms with Crippen LogP contribution in [-0.2, 0) is 13.1 Å². The summed E-state index contributed by atoms with van der Waals surface area (Å²) in [6.07, 6.45) is 6.86. The fraction of sp³-hybridized carbons (Fsp3) is 0.235. The highest BCUT2D eigenvalue weighted by Crippen LogP contribution is 2.16. The van der Waals surface area contributed by atoms with E-state index in [0.29, 0.717) is 23.7 Å². The lowest BCUT2D eigenvalue weighted by Gasteiger charge is -2.13. The minimum Gasteiger partial charge on any atom is -0.348 e. The highest BCUT2D eigenvalue weighted by atomic mass is 35.5. The van der Waals surface area contributed by atoms with Gasteiger partial charge < -0.3 is 5.32 Å². The molecule has 0 fully saturated rings. The van der Waals surface area contributed by atoms with Gasteiger partial charge in [0.2, 0.25) is 0 Å². The zero-order valence-electron chi connectivity index (χ0n) is 13.3. The minimum absolute atomic E-state index is 0.0377. The third-order valence-corrected chi connectivity index (χ3v) is 3.95. The van der Waals surface area contributed by atoms with Gasteiger partial charge in [-0.1, -0.05) is 29.8 Å². The van der Waals surface area contributed by atoms with Crippen LogP contribution in [0.1, 0.15) is 22.8 Å². The van der Waals surface area contributed by atoms with E-state index in [1.54, 1.807) is 28.0 Å². The average Bonchev–Trinajstić information content (AvgIpc) is 3.21. The van der Waals surface area contributed by atoms with E-state index in [1.165, 1.54) is 0 Å². The van der Waals surface area contributed by atoms with E-state index in [0.717, 1.165) is 5.56 Å². The van der Waals surface area contributed by atoms with Crippen LogP contribution in [0.4, 0.5) is 0 Å². The molecule has 0 saturated heterocycles. The van der Waals surface area contributed by atoms with Crippen LogP contribution in [0.5, 0.6) is 0 Å². The Morgan fingerprint density at radius 2 is 2.08 bits per heavy atom. The summed E-state index contributed by atoms with van der Waals surface area (Å²) in [5.41, 5.74) is 1.48. The van der Waals surface area contributed by atoms with Crippen LogP contribution in [0.25, 0.3) is 0 Å². The van der Waals surface area contributed by atoms with E-state index < -0.39 is 0 Å². The monoisotopic (exact) mass is 343 g/mol. The standard InChI is InChI=1S/C17H18ClN5O/c1-13(10-22-8-4-7-19-22)21-17(24)15-9-20-23(12-15)11-14-5-2-3-6-16(14)18/h2-9,12-13H,10-11H2,1H3,(H,21,24)/t13-/m1/s1. The summed E-state index contributed by atoms with van der Waals surface area (Å²) in [6, 6.07) is 9.41. The summed E-state index contributed by atoms with van der Waals surface area (Å²) in [5.74, 6) is -0.153. The molecule has 124 valence electrons. The Morgan fingerprint density at radius 1 is 1.25 bits per heavy atom. The lowest BCUT2D eigenvalue weighted by molar-refractivity contribution is 0.0936. The molecule has 1 amide bonds. The van der Waals surface area contributed by atoms with Gasteiger partial charge in [-0.2, -0.15) is 10.2 Å². The second-order valence-corrected chi connectivity index (χ2v) is 6.03. The fourth-order valence-electron chi connectivity index (χ4n) is 2.41.